The van der Waals surface area contributed by atoms with Crippen LogP contribution in [-0.4, -0.2) is 23.2 Å². The highest BCUT2D eigenvalue weighted by atomic mass is 16.5. The smallest absolute Gasteiger partial charge is 0.335 e. The van der Waals surface area contributed by atoms with Crippen LogP contribution in [0.15, 0.2) is 36.7 Å². The quantitative estimate of drug-likeness (QED) is 0.917. The summed E-state index contributed by atoms with van der Waals surface area (Å²) in [5.74, 6) is -0.278. The van der Waals surface area contributed by atoms with Crippen molar-refractivity contribution in [2.24, 2.45) is 0 Å². The SMILES string of the molecule is COc1ccc(C(=O)O)cc1Oc1cnccc1C#N. The molecule has 1 aromatic carbocycles. The summed E-state index contributed by atoms with van der Waals surface area (Å²) in [6, 6.07) is 7.69. The number of hydrogen-bond acceptors (Lipinski definition) is 5. The molecule has 1 heterocycles. The van der Waals surface area contributed by atoms with E-state index < -0.39 is 5.97 Å². The van der Waals surface area contributed by atoms with Crippen molar-refractivity contribution in [1.29, 1.82) is 5.26 Å². The minimum absolute atomic E-state index is 0.0585. The van der Waals surface area contributed by atoms with Gasteiger partial charge in [0.05, 0.1) is 24.4 Å². The first-order chi connectivity index (χ1) is 9.65. The number of nitriles is 1. The lowest BCUT2D eigenvalue weighted by Crippen LogP contribution is -1.99. The molecule has 0 radical (unpaired) electrons. The van der Waals surface area contributed by atoms with Crippen molar-refractivity contribution in [3.05, 3.63) is 47.8 Å². The molecule has 6 heteroatoms. The molecule has 0 saturated heterocycles. The number of carbonyl (C=O) groups is 1. The van der Waals surface area contributed by atoms with Crippen molar-refractivity contribution in [2.45, 2.75) is 0 Å². The van der Waals surface area contributed by atoms with E-state index in [0.29, 0.717) is 11.3 Å². The first kappa shape index (κ1) is 13.4. The number of methoxy groups -OCH3 is 1. The summed E-state index contributed by atoms with van der Waals surface area (Å²) in [5.41, 5.74) is 0.353. The van der Waals surface area contributed by atoms with Gasteiger partial charge in [-0.05, 0) is 24.3 Å². The second-order valence-electron chi connectivity index (χ2n) is 3.76. The zero-order chi connectivity index (χ0) is 14.5. The lowest BCUT2D eigenvalue weighted by molar-refractivity contribution is 0.0696. The van der Waals surface area contributed by atoms with Gasteiger partial charge in [0, 0.05) is 6.20 Å². The molecule has 0 aliphatic heterocycles. The molecule has 1 aromatic heterocycles. The molecule has 0 atom stereocenters. The fourth-order valence-electron chi connectivity index (χ4n) is 1.56. The topological polar surface area (TPSA) is 92.4 Å². The molecule has 0 amide bonds. The molecule has 100 valence electrons. The second-order valence-corrected chi connectivity index (χ2v) is 3.76. The van der Waals surface area contributed by atoms with Gasteiger partial charge >= 0.3 is 5.97 Å². The summed E-state index contributed by atoms with van der Waals surface area (Å²) in [4.78, 5) is 14.8. The van der Waals surface area contributed by atoms with E-state index in [4.69, 9.17) is 19.8 Å². The van der Waals surface area contributed by atoms with Crippen molar-refractivity contribution < 1.29 is 19.4 Å². The van der Waals surface area contributed by atoms with E-state index >= 15 is 0 Å². The molecule has 0 saturated carbocycles. The number of carboxylic acid groups (broad SMARTS) is 1. The molecule has 0 spiro atoms. The van der Waals surface area contributed by atoms with Gasteiger partial charge in [-0.25, -0.2) is 4.79 Å². The van der Waals surface area contributed by atoms with Crippen molar-refractivity contribution in [1.82, 2.24) is 4.98 Å². The molecular weight excluding hydrogens is 260 g/mol. The lowest BCUT2D eigenvalue weighted by atomic mass is 10.2. The number of pyridine rings is 1. The van der Waals surface area contributed by atoms with Gasteiger partial charge in [-0.3, -0.25) is 4.98 Å². The van der Waals surface area contributed by atoms with E-state index in [1.165, 1.54) is 43.8 Å². The lowest BCUT2D eigenvalue weighted by Gasteiger charge is -2.11. The summed E-state index contributed by atoms with van der Waals surface area (Å²) in [6.45, 7) is 0. The summed E-state index contributed by atoms with van der Waals surface area (Å²) >= 11 is 0. The zero-order valence-corrected chi connectivity index (χ0v) is 10.5. The maximum atomic E-state index is 11.0. The Morgan fingerprint density at radius 2 is 2.10 bits per heavy atom. The summed E-state index contributed by atoms with van der Waals surface area (Å²) < 4.78 is 10.6. The Morgan fingerprint density at radius 1 is 1.30 bits per heavy atom. The van der Waals surface area contributed by atoms with Crippen LogP contribution in [0.3, 0.4) is 0 Å². The maximum Gasteiger partial charge on any atom is 0.335 e. The van der Waals surface area contributed by atoms with E-state index in [9.17, 15) is 4.79 Å². The normalized spacial score (nSPS) is 9.60. The van der Waals surface area contributed by atoms with Gasteiger partial charge in [-0.1, -0.05) is 0 Å². The van der Waals surface area contributed by atoms with E-state index in [0.717, 1.165) is 0 Å². The van der Waals surface area contributed by atoms with Crippen molar-refractivity contribution in [3.63, 3.8) is 0 Å². The molecule has 0 unspecified atom stereocenters. The fraction of sp³-hybridized carbons (Fsp3) is 0.0714. The van der Waals surface area contributed by atoms with Crippen LogP contribution in [0.2, 0.25) is 0 Å². The molecule has 0 fully saturated rings. The van der Waals surface area contributed by atoms with Crippen LogP contribution in [-0.2, 0) is 0 Å². The number of hydrogen-bond donors (Lipinski definition) is 1. The second kappa shape index (κ2) is 5.71. The molecule has 0 aliphatic carbocycles. The van der Waals surface area contributed by atoms with Crippen LogP contribution in [0.4, 0.5) is 0 Å². The Hall–Kier alpha value is -3.07. The predicted molar refractivity (Wildman–Crippen MR) is 69.0 cm³/mol. The average molecular weight is 270 g/mol. The highest BCUT2D eigenvalue weighted by Crippen LogP contribution is 2.33. The number of ether oxygens (including phenoxy) is 2. The van der Waals surface area contributed by atoms with Crippen molar-refractivity contribution in [2.75, 3.05) is 7.11 Å². The van der Waals surface area contributed by atoms with Gasteiger partial charge in [0.1, 0.15) is 6.07 Å². The van der Waals surface area contributed by atoms with Gasteiger partial charge in [-0.2, -0.15) is 5.26 Å². The van der Waals surface area contributed by atoms with E-state index in [-0.39, 0.29) is 17.1 Å². The Balaban J connectivity index is 2.44. The minimum Gasteiger partial charge on any atom is -0.493 e. The number of rotatable bonds is 4. The number of aromatic carboxylic acids is 1. The third-order valence-corrected chi connectivity index (χ3v) is 2.54. The van der Waals surface area contributed by atoms with Crippen LogP contribution >= 0.6 is 0 Å². The van der Waals surface area contributed by atoms with Gasteiger partial charge in [0.25, 0.3) is 0 Å². The van der Waals surface area contributed by atoms with Crippen molar-refractivity contribution >= 4 is 5.97 Å². The van der Waals surface area contributed by atoms with Crippen LogP contribution in [0.1, 0.15) is 15.9 Å². The molecule has 0 aliphatic rings. The zero-order valence-electron chi connectivity index (χ0n) is 10.5. The monoisotopic (exact) mass is 270 g/mol. The predicted octanol–water partition coefficient (Wildman–Crippen LogP) is 2.45. The highest BCUT2D eigenvalue weighted by Gasteiger charge is 2.12. The molecule has 2 aromatic rings. The Kier molecular flexibility index (Phi) is 3.82. The van der Waals surface area contributed by atoms with E-state index in [1.54, 1.807) is 0 Å². The van der Waals surface area contributed by atoms with Gasteiger partial charge in [0.2, 0.25) is 0 Å². The van der Waals surface area contributed by atoms with Crippen molar-refractivity contribution in [3.8, 4) is 23.3 Å². The number of nitrogens with zero attached hydrogens (tertiary/aromatic N) is 2. The molecule has 20 heavy (non-hydrogen) atoms. The van der Waals surface area contributed by atoms with Gasteiger partial charge in [-0.15, -0.1) is 0 Å². The highest BCUT2D eigenvalue weighted by molar-refractivity contribution is 5.88. The summed E-state index contributed by atoms with van der Waals surface area (Å²) in [7, 11) is 1.44. The number of benzene rings is 1. The maximum absolute atomic E-state index is 11.0. The molecular formula is C14H10N2O4. The van der Waals surface area contributed by atoms with E-state index in [1.807, 2.05) is 6.07 Å². The van der Waals surface area contributed by atoms with Crippen LogP contribution in [0.5, 0.6) is 17.2 Å². The first-order valence-corrected chi connectivity index (χ1v) is 5.59. The Morgan fingerprint density at radius 3 is 2.75 bits per heavy atom. The average Bonchev–Trinajstić information content (AvgIpc) is 2.47. The molecule has 2 rings (SSSR count). The minimum atomic E-state index is -1.08. The standard InChI is InChI=1S/C14H10N2O4/c1-19-11-3-2-9(14(17)18)6-12(11)20-13-8-16-5-4-10(13)7-15/h2-6,8H,1H3,(H,17,18). The molecule has 6 nitrogen and oxygen atoms in total. The number of carboxylic acids is 1. The first-order valence-electron chi connectivity index (χ1n) is 5.59. The van der Waals surface area contributed by atoms with Crippen LogP contribution in [0, 0.1) is 11.3 Å². The Bertz CT molecular complexity index is 692. The summed E-state index contributed by atoms with van der Waals surface area (Å²) in [6.07, 6.45) is 2.85. The van der Waals surface area contributed by atoms with E-state index in [2.05, 4.69) is 4.98 Å². The number of aromatic nitrogens is 1. The third kappa shape index (κ3) is 2.67. The third-order valence-electron chi connectivity index (χ3n) is 2.54. The summed E-state index contributed by atoms with van der Waals surface area (Å²) in [5, 5.41) is 18.0. The van der Waals surface area contributed by atoms with Gasteiger partial charge < -0.3 is 14.6 Å². The van der Waals surface area contributed by atoms with Crippen LogP contribution < -0.4 is 9.47 Å². The fourth-order valence-corrected chi connectivity index (χ4v) is 1.56. The molecule has 0 bridgehead atoms. The van der Waals surface area contributed by atoms with Crippen LogP contribution in [0.25, 0.3) is 0 Å². The Labute approximate surface area is 114 Å². The largest absolute Gasteiger partial charge is 0.493 e. The van der Waals surface area contributed by atoms with Gasteiger partial charge in [0.15, 0.2) is 17.2 Å². The molecule has 1 N–H and O–H groups in total.